The lowest BCUT2D eigenvalue weighted by atomic mass is 10.2. The summed E-state index contributed by atoms with van der Waals surface area (Å²) in [5.74, 6) is 1.32. The van der Waals surface area contributed by atoms with Gasteiger partial charge in [0.1, 0.15) is 11.5 Å². The molecule has 1 heterocycles. The highest BCUT2D eigenvalue weighted by molar-refractivity contribution is 6.32. The van der Waals surface area contributed by atoms with Crippen LogP contribution in [0.5, 0.6) is 11.5 Å². The van der Waals surface area contributed by atoms with Crippen LogP contribution in [0, 0.1) is 0 Å². The molecule has 0 saturated carbocycles. The Balaban J connectivity index is 2.03. The number of nitrogens with zero attached hydrogens (tertiary/aromatic N) is 1. The molecule has 0 aliphatic heterocycles. The third-order valence-corrected chi connectivity index (χ3v) is 3.28. The van der Waals surface area contributed by atoms with Gasteiger partial charge >= 0.3 is 0 Å². The largest absolute Gasteiger partial charge is 0.454 e. The quantitative estimate of drug-likeness (QED) is 0.845. The van der Waals surface area contributed by atoms with E-state index < -0.39 is 0 Å². The number of ether oxygens (including phenoxy) is 1. The van der Waals surface area contributed by atoms with Crippen LogP contribution in [-0.4, -0.2) is 11.5 Å². The summed E-state index contributed by atoms with van der Waals surface area (Å²) in [5, 5.41) is 3.99. The fourth-order valence-corrected chi connectivity index (χ4v) is 2.00. The average molecular weight is 291 g/mol. The molecule has 2 aromatic rings. The van der Waals surface area contributed by atoms with Crippen molar-refractivity contribution < 1.29 is 4.74 Å². The second-order valence-electron chi connectivity index (χ2n) is 4.63. The first-order valence-electron chi connectivity index (χ1n) is 6.82. The second-order valence-corrected chi connectivity index (χ2v) is 5.03. The average Bonchev–Trinajstić information content (AvgIpc) is 2.48. The lowest BCUT2D eigenvalue weighted by Gasteiger charge is -2.13. The van der Waals surface area contributed by atoms with E-state index in [2.05, 4.69) is 24.1 Å². The van der Waals surface area contributed by atoms with Gasteiger partial charge in [-0.25, -0.2) is 0 Å². The predicted octanol–water partition coefficient (Wildman–Crippen LogP) is 4.59. The van der Waals surface area contributed by atoms with Crippen LogP contribution in [0.3, 0.4) is 0 Å². The van der Waals surface area contributed by atoms with E-state index in [4.69, 9.17) is 16.3 Å². The number of benzene rings is 1. The van der Waals surface area contributed by atoms with E-state index in [1.54, 1.807) is 12.3 Å². The van der Waals surface area contributed by atoms with Crippen molar-refractivity contribution in [1.29, 1.82) is 0 Å². The number of halogens is 1. The molecule has 0 aliphatic carbocycles. The van der Waals surface area contributed by atoms with Crippen LogP contribution in [0.1, 0.15) is 32.0 Å². The summed E-state index contributed by atoms with van der Waals surface area (Å²) in [6.07, 6.45) is 2.83. The Kier molecular flexibility index (Phi) is 5.39. The van der Waals surface area contributed by atoms with Crippen LogP contribution in [0.2, 0.25) is 5.02 Å². The number of hydrogen-bond donors (Lipinski definition) is 1. The molecule has 2 rings (SSSR count). The van der Waals surface area contributed by atoms with E-state index in [9.17, 15) is 0 Å². The molecule has 0 radical (unpaired) electrons. The van der Waals surface area contributed by atoms with Crippen molar-refractivity contribution in [1.82, 2.24) is 10.3 Å². The molecule has 3 nitrogen and oxygen atoms in total. The lowest BCUT2D eigenvalue weighted by Crippen LogP contribution is -2.20. The maximum atomic E-state index is 6.06. The SMILES string of the molecule is CCCNC(C)c1ccc(Oc2ccccc2Cl)cn1. The fourth-order valence-electron chi connectivity index (χ4n) is 1.83. The van der Waals surface area contributed by atoms with E-state index in [0.29, 0.717) is 16.5 Å². The molecule has 1 unspecified atom stereocenters. The van der Waals surface area contributed by atoms with Crippen LogP contribution in [-0.2, 0) is 0 Å². The fraction of sp³-hybridized carbons (Fsp3) is 0.312. The van der Waals surface area contributed by atoms with Gasteiger partial charge < -0.3 is 10.1 Å². The number of aromatic nitrogens is 1. The highest BCUT2D eigenvalue weighted by Gasteiger charge is 2.07. The van der Waals surface area contributed by atoms with Crippen molar-refractivity contribution in [3.05, 3.63) is 53.3 Å². The molecule has 4 heteroatoms. The molecule has 0 spiro atoms. The molecule has 1 atom stereocenters. The Morgan fingerprint density at radius 3 is 2.70 bits per heavy atom. The summed E-state index contributed by atoms with van der Waals surface area (Å²) in [4.78, 5) is 4.43. The summed E-state index contributed by atoms with van der Waals surface area (Å²) < 4.78 is 5.71. The van der Waals surface area contributed by atoms with Crippen molar-refractivity contribution >= 4 is 11.6 Å². The van der Waals surface area contributed by atoms with Gasteiger partial charge in [-0.1, -0.05) is 30.7 Å². The van der Waals surface area contributed by atoms with Crippen molar-refractivity contribution in [2.24, 2.45) is 0 Å². The highest BCUT2D eigenvalue weighted by atomic mass is 35.5. The zero-order valence-corrected chi connectivity index (χ0v) is 12.5. The van der Waals surface area contributed by atoms with Crippen LogP contribution >= 0.6 is 11.6 Å². The van der Waals surface area contributed by atoms with Gasteiger partial charge in [0.05, 0.1) is 16.9 Å². The van der Waals surface area contributed by atoms with Crippen molar-refractivity contribution in [3.63, 3.8) is 0 Å². The standard InChI is InChI=1S/C16H19ClN2O/c1-3-10-18-12(2)15-9-8-13(11-19-15)20-16-7-5-4-6-14(16)17/h4-9,11-12,18H,3,10H2,1-2H3. The first kappa shape index (κ1) is 14.8. The third kappa shape index (κ3) is 3.95. The van der Waals surface area contributed by atoms with E-state index in [1.807, 2.05) is 30.3 Å². The van der Waals surface area contributed by atoms with Gasteiger partial charge in [0.25, 0.3) is 0 Å². The summed E-state index contributed by atoms with van der Waals surface area (Å²) in [6, 6.07) is 11.5. The molecule has 1 aromatic carbocycles. The first-order valence-corrected chi connectivity index (χ1v) is 7.20. The Morgan fingerprint density at radius 1 is 1.25 bits per heavy atom. The maximum Gasteiger partial charge on any atom is 0.146 e. The van der Waals surface area contributed by atoms with Gasteiger partial charge in [-0.3, -0.25) is 4.98 Å². The van der Waals surface area contributed by atoms with Crippen molar-refractivity contribution in [2.75, 3.05) is 6.54 Å². The smallest absolute Gasteiger partial charge is 0.146 e. The number of pyridine rings is 1. The molecule has 0 fully saturated rings. The summed E-state index contributed by atoms with van der Waals surface area (Å²) in [7, 11) is 0. The van der Waals surface area contributed by atoms with E-state index in [-0.39, 0.29) is 6.04 Å². The van der Waals surface area contributed by atoms with Crippen LogP contribution in [0.4, 0.5) is 0 Å². The molecule has 1 N–H and O–H groups in total. The molecule has 106 valence electrons. The molecular formula is C16H19ClN2O. The Bertz CT molecular complexity index is 542. The minimum Gasteiger partial charge on any atom is -0.454 e. The zero-order chi connectivity index (χ0) is 14.4. The zero-order valence-electron chi connectivity index (χ0n) is 11.8. The first-order chi connectivity index (χ1) is 9.70. The summed E-state index contributed by atoms with van der Waals surface area (Å²) >= 11 is 6.06. The van der Waals surface area contributed by atoms with Gasteiger partial charge in [0.15, 0.2) is 0 Å². The Labute approximate surface area is 124 Å². The number of nitrogens with one attached hydrogen (secondary N) is 1. The topological polar surface area (TPSA) is 34.1 Å². The van der Waals surface area contributed by atoms with Gasteiger partial charge in [-0.15, -0.1) is 0 Å². The number of rotatable bonds is 6. The van der Waals surface area contributed by atoms with Gasteiger partial charge in [0, 0.05) is 6.04 Å². The third-order valence-electron chi connectivity index (χ3n) is 2.97. The van der Waals surface area contributed by atoms with Gasteiger partial charge in [-0.05, 0) is 44.2 Å². The van der Waals surface area contributed by atoms with E-state index in [0.717, 1.165) is 18.7 Å². The number of para-hydroxylation sites is 1. The van der Waals surface area contributed by atoms with Crippen LogP contribution in [0.25, 0.3) is 0 Å². The van der Waals surface area contributed by atoms with Gasteiger partial charge in [0.2, 0.25) is 0 Å². The lowest BCUT2D eigenvalue weighted by molar-refractivity contribution is 0.478. The number of hydrogen-bond acceptors (Lipinski definition) is 3. The molecular weight excluding hydrogens is 272 g/mol. The minimum atomic E-state index is 0.240. The maximum absolute atomic E-state index is 6.06. The molecule has 1 aromatic heterocycles. The molecule has 0 saturated heterocycles. The van der Waals surface area contributed by atoms with Gasteiger partial charge in [-0.2, -0.15) is 0 Å². The van der Waals surface area contributed by atoms with E-state index >= 15 is 0 Å². The van der Waals surface area contributed by atoms with E-state index in [1.165, 1.54) is 0 Å². The monoisotopic (exact) mass is 290 g/mol. The summed E-state index contributed by atoms with van der Waals surface area (Å²) in [6.45, 7) is 5.24. The molecule has 0 aliphatic rings. The molecule has 20 heavy (non-hydrogen) atoms. The normalized spacial score (nSPS) is 12.2. The highest BCUT2D eigenvalue weighted by Crippen LogP contribution is 2.28. The Morgan fingerprint density at radius 2 is 2.05 bits per heavy atom. The predicted molar refractivity (Wildman–Crippen MR) is 82.5 cm³/mol. The van der Waals surface area contributed by atoms with Crippen molar-refractivity contribution in [2.45, 2.75) is 26.3 Å². The molecule has 0 bridgehead atoms. The minimum absolute atomic E-state index is 0.240. The van der Waals surface area contributed by atoms with Crippen LogP contribution in [0.15, 0.2) is 42.6 Å². The molecule has 0 amide bonds. The van der Waals surface area contributed by atoms with Crippen molar-refractivity contribution in [3.8, 4) is 11.5 Å². The van der Waals surface area contributed by atoms with Crippen LogP contribution < -0.4 is 10.1 Å². The Hall–Kier alpha value is -1.58. The second kappa shape index (κ2) is 7.27. The summed E-state index contributed by atoms with van der Waals surface area (Å²) in [5.41, 5.74) is 1.00.